The van der Waals surface area contributed by atoms with Gasteiger partial charge in [0.2, 0.25) is 0 Å². The van der Waals surface area contributed by atoms with E-state index in [2.05, 4.69) is 0 Å². The van der Waals surface area contributed by atoms with Crippen LogP contribution in [0.25, 0.3) is 0 Å². The lowest BCUT2D eigenvalue weighted by molar-refractivity contribution is -0.124. The molecule has 1 fully saturated rings. The third kappa shape index (κ3) is 1.02. The van der Waals surface area contributed by atoms with E-state index in [1.807, 2.05) is 33.8 Å². The number of fused-ring (bicyclic) bond motifs is 3. The number of ketones is 1. The molecule has 4 atom stereocenters. The third-order valence-corrected chi connectivity index (χ3v) is 5.58. The second-order valence-corrected chi connectivity index (χ2v) is 6.95. The van der Waals surface area contributed by atoms with Crippen molar-refractivity contribution in [1.29, 1.82) is 0 Å². The summed E-state index contributed by atoms with van der Waals surface area (Å²) in [6, 6.07) is 0. The molecule has 3 aliphatic carbocycles. The number of hydrogen-bond donors (Lipinski definition) is 2. The van der Waals surface area contributed by atoms with Gasteiger partial charge in [0.1, 0.15) is 0 Å². The SMILES string of the molecule is CC1C(=O)C=C2C=C3C(O)C(C)(C)CC3(O)C21C. The molecular formula is C15H20O3. The molecule has 1 saturated carbocycles. The van der Waals surface area contributed by atoms with Gasteiger partial charge < -0.3 is 10.2 Å². The van der Waals surface area contributed by atoms with Crippen LogP contribution in [0.2, 0.25) is 0 Å². The van der Waals surface area contributed by atoms with E-state index in [9.17, 15) is 15.0 Å². The van der Waals surface area contributed by atoms with E-state index in [0.29, 0.717) is 12.0 Å². The number of aliphatic hydroxyl groups excluding tert-OH is 1. The molecular weight excluding hydrogens is 228 g/mol. The molecule has 0 spiro atoms. The molecule has 4 unspecified atom stereocenters. The first-order chi connectivity index (χ1) is 8.14. The van der Waals surface area contributed by atoms with Crippen LogP contribution >= 0.6 is 0 Å². The van der Waals surface area contributed by atoms with Crippen LogP contribution in [-0.4, -0.2) is 27.7 Å². The van der Waals surface area contributed by atoms with Crippen LogP contribution in [0.4, 0.5) is 0 Å². The molecule has 2 N–H and O–H groups in total. The van der Waals surface area contributed by atoms with Crippen LogP contribution in [-0.2, 0) is 4.79 Å². The fourth-order valence-electron chi connectivity index (χ4n) is 4.11. The maximum absolute atomic E-state index is 11.9. The Hall–Kier alpha value is -0.930. The summed E-state index contributed by atoms with van der Waals surface area (Å²) in [5, 5.41) is 21.5. The molecule has 0 saturated heterocycles. The monoisotopic (exact) mass is 248 g/mol. The number of rotatable bonds is 0. The fourth-order valence-corrected chi connectivity index (χ4v) is 4.11. The lowest BCUT2D eigenvalue weighted by Gasteiger charge is -2.41. The summed E-state index contributed by atoms with van der Waals surface area (Å²) in [6.07, 6.45) is 3.35. The predicted octanol–water partition coefficient (Wildman–Crippen LogP) is 1.60. The van der Waals surface area contributed by atoms with Crippen molar-refractivity contribution in [2.24, 2.45) is 16.7 Å². The van der Waals surface area contributed by atoms with Crippen molar-refractivity contribution in [3.8, 4) is 0 Å². The van der Waals surface area contributed by atoms with Crippen molar-refractivity contribution in [2.45, 2.75) is 45.8 Å². The average Bonchev–Trinajstić information content (AvgIpc) is 2.68. The standard InChI is InChI=1S/C15H20O3/c1-8-11(16)6-9-5-10-12(17)13(2,3)7-15(10,18)14(8,9)4/h5-6,8,12,17-18H,7H2,1-4H3. The largest absolute Gasteiger partial charge is 0.388 e. The van der Waals surface area contributed by atoms with Gasteiger partial charge in [0.15, 0.2) is 5.78 Å². The summed E-state index contributed by atoms with van der Waals surface area (Å²) >= 11 is 0. The molecule has 0 aromatic heterocycles. The first-order valence-electron chi connectivity index (χ1n) is 6.53. The molecule has 0 radical (unpaired) electrons. The van der Waals surface area contributed by atoms with Gasteiger partial charge in [0.05, 0.1) is 11.7 Å². The molecule has 3 heteroatoms. The highest BCUT2D eigenvalue weighted by Crippen LogP contribution is 2.65. The highest BCUT2D eigenvalue weighted by molar-refractivity contribution is 5.98. The first-order valence-corrected chi connectivity index (χ1v) is 6.53. The number of aliphatic hydroxyl groups is 2. The van der Waals surface area contributed by atoms with Gasteiger partial charge >= 0.3 is 0 Å². The van der Waals surface area contributed by atoms with Crippen molar-refractivity contribution >= 4 is 5.78 Å². The Kier molecular flexibility index (Phi) is 2.00. The van der Waals surface area contributed by atoms with Gasteiger partial charge in [0, 0.05) is 11.3 Å². The minimum Gasteiger partial charge on any atom is -0.388 e. The van der Waals surface area contributed by atoms with Gasteiger partial charge in [-0.3, -0.25) is 4.79 Å². The second-order valence-electron chi connectivity index (χ2n) is 6.95. The Morgan fingerprint density at radius 1 is 1.28 bits per heavy atom. The number of carbonyl (C=O) groups excluding carboxylic acids is 1. The number of allylic oxidation sites excluding steroid dienone is 2. The molecule has 3 nitrogen and oxygen atoms in total. The van der Waals surface area contributed by atoms with Gasteiger partial charge in [-0.05, 0) is 29.1 Å². The van der Waals surface area contributed by atoms with E-state index in [1.54, 1.807) is 6.08 Å². The minimum atomic E-state index is -1.08. The molecule has 3 rings (SSSR count). The van der Waals surface area contributed by atoms with Crippen LogP contribution in [0, 0.1) is 16.7 Å². The van der Waals surface area contributed by atoms with Crippen LogP contribution in [0.5, 0.6) is 0 Å². The lowest BCUT2D eigenvalue weighted by atomic mass is 9.65. The van der Waals surface area contributed by atoms with Crippen molar-refractivity contribution in [1.82, 2.24) is 0 Å². The molecule has 0 aromatic rings. The smallest absolute Gasteiger partial charge is 0.159 e. The molecule has 0 amide bonds. The molecule has 98 valence electrons. The molecule has 0 bridgehead atoms. The summed E-state index contributed by atoms with van der Waals surface area (Å²) in [6.45, 7) is 7.75. The van der Waals surface area contributed by atoms with Crippen molar-refractivity contribution < 1.29 is 15.0 Å². The molecule has 18 heavy (non-hydrogen) atoms. The number of hydrogen-bond acceptors (Lipinski definition) is 3. The van der Waals surface area contributed by atoms with Crippen molar-refractivity contribution in [3.05, 3.63) is 23.3 Å². The molecule has 3 aliphatic rings. The highest BCUT2D eigenvalue weighted by Gasteiger charge is 2.68. The fraction of sp³-hybridized carbons (Fsp3) is 0.667. The molecule has 0 aromatic carbocycles. The van der Waals surface area contributed by atoms with E-state index in [1.165, 1.54) is 0 Å². The minimum absolute atomic E-state index is 0.0791. The van der Waals surface area contributed by atoms with Gasteiger partial charge in [-0.15, -0.1) is 0 Å². The predicted molar refractivity (Wildman–Crippen MR) is 67.8 cm³/mol. The maximum atomic E-state index is 11.9. The third-order valence-electron chi connectivity index (χ3n) is 5.58. The molecule has 0 aliphatic heterocycles. The van der Waals surface area contributed by atoms with E-state index >= 15 is 0 Å². The average molecular weight is 248 g/mol. The van der Waals surface area contributed by atoms with Crippen molar-refractivity contribution in [2.75, 3.05) is 0 Å². The summed E-state index contributed by atoms with van der Waals surface area (Å²) in [5.74, 6) is -0.150. The Bertz CT molecular complexity index is 514. The Morgan fingerprint density at radius 3 is 2.50 bits per heavy atom. The van der Waals surface area contributed by atoms with Gasteiger partial charge in [-0.1, -0.05) is 33.8 Å². The first kappa shape index (κ1) is 12.1. The van der Waals surface area contributed by atoms with Gasteiger partial charge in [-0.2, -0.15) is 0 Å². The Morgan fingerprint density at radius 2 is 1.89 bits per heavy atom. The van der Waals surface area contributed by atoms with Crippen LogP contribution < -0.4 is 0 Å². The summed E-state index contributed by atoms with van der Waals surface area (Å²) < 4.78 is 0. The zero-order valence-corrected chi connectivity index (χ0v) is 11.3. The van der Waals surface area contributed by atoms with E-state index in [-0.39, 0.29) is 17.1 Å². The zero-order valence-electron chi connectivity index (χ0n) is 11.3. The Labute approximate surface area is 107 Å². The van der Waals surface area contributed by atoms with Gasteiger partial charge in [0.25, 0.3) is 0 Å². The summed E-state index contributed by atoms with van der Waals surface area (Å²) in [7, 11) is 0. The highest BCUT2D eigenvalue weighted by atomic mass is 16.3. The van der Waals surface area contributed by atoms with E-state index in [4.69, 9.17) is 0 Å². The van der Waals surface area contributed by atoms with Crippen LogP contribution in [0.1, 0.15) is 34.1 Å². The quantitative estimate of drug-likeness (QED) is 0.684. The topological polar surface area (TPSA) is 57.5 Å². The number of carbonyl (C=O) groups is 1. The second kappa shape index (κ2) is 2.97. The van der Waals surface area contributed by atoms with Crippen molar-refractivity contribution in [3.63, 3.8) is 0 Å². The van der Waals surface area contributed by atoms with Gasteiger partial charge in [-0.25, -0.2) is 0 Å². The lowest BCUT2D eigenvalue weighted by Crippen LogP contribution is -2.47. The van der Waals surface area contributed by atoms with Crippen LogP contribution in [0.15, 0.2) is 23.3 Å². The zero-order chi connectivity index (χ0) is 13.5. The maximum Gasteiger partial charge on any atom is 0.159 e. The van der Waals surface area contributed by atoms with E-state index < -0.39 is 17.1 Å². The Balaban J connectivity index is 2.20. The summed E-state index contributed by atoms with van der Waals surface area (Å²) in [4.78, 5) is 11.9. The van der Waals surface area contributed by atoms with Crippen LogP contribution in [0.3, 0.4) is 0 Å². The van der Waals surface area contributed by atoms with E-state index in [0.717, 1.165) is 5.57 Å². The summed E-state index contributed by atoms with van der Waals surface area (Å²) in [5.41, 5.74) is -0.422. The normalized spacial score (nSPS) is 48.9. The molecule has 0 heterocycles.